The first kappa shape index (κ1) is 21.6. The van der Waals surface area contributed by atoms with E-state index in [4.69, 9.17) is 4.74 Å². The van der Waals surface area contributed by atoms with E-state index in [1.165, 1.54) is 4.90 Å². The molecule has 0 bridgehead atoms. The normalized spacial score (nSPS) is 12.2. The number of ether oxygens (including phenoxy) is 1. The maximum absolute atomic E-state index is 12.5. The van der Waals surface area contributed by atoms with E-state index in [0.29, 0.717) is 17.5 Å². The molecule has 8 heteroatoms. The highest BCUT2D eigenvalue weighted by Gasteiger charge is 2.26. The van der Waals surface area contributed by atoms with E-state index in [9.17, 15) is 18.0 Å². The molecule has 0 heterocycles. The summed E-state index contributed by atoms with van der Waals surface area (Å²) in [5, 5.41) is 0. The summed E-state index contributed by atoms with van der Waals surface area (Å²) in [6, 6.07) is 15.5. The molecule has 1 N–H and O–H groups in total. The summed E-state index contributed by atoms with van der Waals surface area (Å²) in [5.41, 5.74) is 1.78. The first-order valence-electron chi connectivity index (χ1n) is 8.68. The molecule has 0 aliphatic heterocycles. The molecule has 1 unspecified atom stereocenters. The molecule has 0 aromatic heterocycles. The Bertz CT molecular complexity index is 909. The van der Waals surface area contributed by atoms with E-state index in [2.05, 4.69) is 4.72 Å². The highest BCUT2D eigenvalue weighted by molar-refractivity contribution is 7.88. The zero-order valence-electron chi connectivity index (χ0n) is 16.1. The maximum atomic E-state index is 12.5. The highest BCUT2D eigenvalue weighted by atomic mass is 32.2. The quantitative estimate of drug-likeness (QED) is 0.677. The Hall–Kier alpha value is -2.71. The van der Waals surface area contributed by atoms with Gasteiger partial charge < -0.3 is 9.64 Å². The largest absolute Gasteiger partial charge is 0.444 e. The molecular weight excluding hydrogens is 380 g/mol. The van der Waals surface area contributed by atoms with Crippen LogP contribution in [0.2, 0.25) is 0 Å². The van der Waals surface area contributed by atoms with Crippen LogP contribution >= 0.6 is 0 Å². The molecule has 0 saturated heterocycles. The predicted molar refractivity (Wildman–Crippen MR) is 106 cm³/mol. The number of nitrogens with one attached hydrogen (secondary N) is 1. The van der Waals surface area contributed by atoms with Gasteiger partial charge in [0.15, 0.2) is 0 Å². The molecule has 0 fully saturated rings. The van der Waals surface area contributed by atoms with E-state index in [1.807, 2.05) is 6.07 Å². The predicted octanol–water partition coefficient (Wildman–Crippen LogP) is 1.76. The number of rotatable bonds is 8. The van der Waals surface area contributed by atoms with Crippen LogP contribution in [-0.2, 0) is 26.0 Å². The molecule has 2 aromatic carbocycles. The van der Waals surface area contributed by atoms with Crippen LogP contribution in [0, 0.1) is 0 Å². The molecule has 0 spiro atoms. The Morgan fingerprint density at radius 1 is 1.04 bits per heavy atom. The average molecular weight is 404 g/mol. The lowest BCUT2D eigenvalue weighted by Gasteiger charge is -2.21. The van der Waals surface area contributed by atoms with Gasteiger partial charge in [-0.1, -0.05) is 42.5 Å². The number of hydrogen-bond donors (Lipinski definition) is 1. The van der Waals surface area contributed by atoms with Crippen molar-refractivity contribution in [1.82, 2.24) is 9.62 Å². The van der Waals surface area contributed by atoms with Crippen molar-refractivity contribution in [3.05, 3.63) is 71.3 Å². The third kappa shape index (κ3) is 6.47. The van der Waals surface area contributed by atoms with Crippen LogP contribution in [0.3, 0.4) is 0 Å². The fourth-order valence-electron chi connectivity index (χ4n) is 2.49. The van der Waals surface area contributed by atoms with Crippen molar-refractivity contribution in [2.45, 2.75) is 12.5 Å². The van der Waals surface area contributed by atoms with Gasteiger partial charge in [-0.25, -0.2) is 17.9 Å². The van der Waals surface area contributed by atoms with Gasteiger partial charge in [-0.15, -0.1) is 0 Å². The summed E-state index contributed by atoms with van der Waals surface area (Å²) in [6.45, 7) is 0.274. The van der Waals surface area contributed by atoms with Gasteiger partial charge in [-0.2, -0.15) is 0 Å². The summed E-state index contributed by atoms with van der Waals surface area (Å²) >= 11 is 0. The Kier molecular flexibility index (Phi) is 7.31. The molecule has 2 aromatic rings. The Balaban J connectivity index is 2.08. The van der Waals surface area contributed by atoms with E-state index in [1.54, 1.807) is 62.6 Å². The van der Waals surface area contributed by atoms with E-state index < -0.39 is 22.1 Å². The zero-order chi connectivity index (χ0) is 20.7. The molecule has 0 aliphatic rings. The Morgan fingerprint density at radius 2 is 1.64 bits per heavy atom. The first-order chi connectivity index (χ1) is 13.2. The second kappa shape index (κ2) is 9.48. The second-order valence-electron chi connectivity index (χ2n) is 6.54. The smallest absolute Gasteiger partial charge is 0.339 e. The Labute approximate surface area is 165 Å². The SMILES string of the molecule is CN(C)C(=O)C(OC(=O)c1ccc(CCNS(C)(=O)=O)cc1)c1ccccc1. The molecule has 1 atom stereocenters. The molecule has 7 nitrogen and oxygen atoms in total. The summed E-state index contributed by atoms with van der Waals surface area (Å²) < 4.78 is 30.1. The van der Waals surface area contributed by atoms with Crippen LogP contribution in [0.1, 0.15) is 27.6 Å². The second-order valence-corrected chi connectivity index (χ2v) is 8.38. The number of esters is 1. The van der Waals surface area contributed by atoms with Crippen molar-refractivity contribution in [3.8, 4) is 0 Å². The average Bonchev–Trinajstić information content (AvgIpc) is 2.65. The van der Waals surface area contributed by atoms with Gasteiger partial charge in [0.1, 0.15) is 0 Å². The highest BCUT2D eigenvalue weighted by Crippen LogP contribution is 2.21. The van der Waals surface area contributed by atoms with Crippen LogP contribution < -0.4 is 4.72 Å². The molecule has 28 heavy (non-hydrogen) atoms. The number of sulfonamides is 1. The summed E-state index contributed by atoms with van der Waals surface area (Å²) in [5.74, 6) is -0.937. The van der Waals surface area contributed by atoms with E-state index in [-0.39, 0.29) is 12.5 Å². The van der Waals surface area contributed by atoms with Crippen LogP contribution in [0.15, 0.2) is 54.6 Å². The minimum atomic E-state index is -3.23. The molecule has 1 amide bonds. The maximum Gasteiger partial charge on any atom is 0.339 e. The number of benzene rings is 2. The van der Waals surface area contributed by atoms with Crippen molar-refractivity contribution < 1.29 is 22.7 Å². The van der Waals surface area contributed by atoms with Gasteiger partial charge in [-0.3, -0.25) is 4.79 Å². The van der Waals surface area contributed by atoms with Gasteiger partial charge in [0.25, 0.3) is 5.91 Å². The van der Waals surface area contributed by atoms with Crippen molar-refractivity contribution in [2.75, 3.05) is 26.9 Å². The van der Waals surface area contributed by atoms with Gasteiger partial charge >= 0.3 is 5.97 Å². The number of amides is 1. The molecular formula is C20H24N2O5S. The third-order valence-corrected chi connectivity index (χ3v) is 4.69. The third-order valence-electron chi connectivity index (χ3n) is 3.96. The van der Waals surface area contributed by atoms with E-state index >= 15 is 0 Å². The first-order valence-corrected chi connectivity index (χ1v) is 10.6. The number of carbonyl (C=O) groups excluding carboxylic acids is 2. The number of hydrogen-bond acceptors (Lipinski definition) is 5. The van der Waals surface area contributed by atoms with Crippen LogP contribution in [0.4, 0.5) is 0 Å². The van der Waals surface area contributed by atoms with Gasteiger partial charge in [0, 0.05) is 26.2 Å². The van der Waals surface area contributed by atoms with Crippen molar-refractivity contribution in [3.63, 3.8) is 0 Å². The fourth-order valence-corrected chi connectivity index (χ4v) is 2.96. The summed E-state index contributed by atoms with van der Waals surface area (Å²) in [6.07, 6.45) is 0.570. The standard InChI is InChI=1S/C20H24N2O5S/c1-22(2)19(23)18(16-7-5-4-6-8-16)27-20(24)17-11-9-15(10-12-17)13-14-21-28(3,25)26/h4-12,18,21H,13-14H2,1-3H3. The lowest BCUT2D eigenvalue weighted by atomic mass is 10.1. The number of likely N-dealkylation sites (N-methyl/N-ethyl adjacent to an activating group) is 1. The van der Waals surface area contributed by atoms with Crippen molar-refractivity contribution in [2.24, 2.45) is 0 Å². The van der Waals surface area contributed by atoms with Crippen LogP contribution in [0.5, 0.6) is 0 Å². The molecule has 0 saturated carbocycles. The minimum Gasteiger partial charge on any atom is -0.444 e. The van der Waals surface area contributed by atoms with E-state index in [0.717, 1.165) is 11.8 Å². The zero-order valence-corrected chi connectivity index (χ0v) is 16.9. The topological polar surface area (TPSA) is 92.8 Å². The van der Waals surface area contributed by atoms with Gasteiger partial charge in [-0.05, 0) is 24.1 Å². The number of carbonyl (C=O) groups is 2. The van der Waals surface area contributed by atoms with Crippen LogP contribution in [-0.4, -0.2) is 52.1 Å². The lowest BCUT2D eigenvalue weighted by molar-refractivity contribution is -0.138. The molecule has 0 radical (unpaired) electrons. The molecule has 150 valence electrons. The lowest BCUT2D eigenvalue weighted by Crippen LogP contribution is -2.31. The van der Waals surface area contributed by atoms with Gasteiger partial charge in [0.2, 0.25) is 16.1 Å². The van der Waals surface area contributed by atoms with Crippen molar-refractivity contribution in [1.29, 1.82) is 0 Å². The van der Waals surface area contributed by atoms with Crippen LogP contribution in [0.25, 0.3) is 0 Å². The summed E-state index contributed by atoms with van der Waals surface area (Å²) in [7, 11) is -0.0258. The Morgan fingerprint density at radius 3 is 2.18 bits per heavy atom. The monoisotopic (exact) mass is 404 g/mol. The summed E-state index contributed by atoms with van der Waals surface area (Å²) in [4.78, 5) is 26.4. The molecule has 2 rings (SSSR count). The number of nitrogens with zero attached hydrogens (tertiary/aromatic N) is 1. The van der Waals surface area contributed by atoms with Crippen molar-refractivity contribution >= 4 is 21.9 Å². The molecule has 0 aliphatic carbocycles. The fraction of sp³-hybridized carbons (Fsp3) is 0.300. The minimum absolute atomic E-state index is 0.274. The van der Waals surface area contributed by atoms with Gasteiger partial charge in [0.05, 0.1) is 11.8 Å².